The monoisotopic (exact) mass is 236 g/mol. The van der Waals surface area contributed by atoms with Gasteiger partial charge in [-0.15, -0.1) is 0 Å². The van der Waals surface area contributed by atoms with Gasteiger partial charge in [-0.2, -0.15) is 0 Å². The Hall–Kier alpha value is -0.930. The summed E-state index contributed by atoms with van der Waals surface area (Å²) in [5.41, 5.74) is 6.49. The van der Waals surface area contributed by atoms with Crippen LogP contribution in [0.4, 0.5) is 4.39 Å². The molecule has 0 bridgehead atoms. The summed E-state index contributed by atoms with van der Waals surface area (Å²) in [4.78, 5) is 2.42. The van der Waals surface area contributed by atoms with Crippen molar-refractivity contribution in [2.45, 2.75) is 19.3 Å². The van der Waals surface area contributed by atoms with Gasteiger partial charge in [-0.05, 0) is 56.4 Å². The molecule has 0 aromatic heterocycles. The predicted octanol–water partition coefficient (Wildman–Crippen LogP) is 2.04. The van der Waals surface area contributed by atoms with Crippen molar-refractivity contribution in [2.24, 2.45) is 11.7 Å². The quantitative estimate of drug-likeness (QED) is 0.867. The molecule has 0 amide bonds. The number of likely N-dealkylation sites (tertiary alicyclic amines) is 1. The fourth-order valence-electron chi connectivity index (χ4n) is 2.43. The highest BCUT2D eigenvalue weighted by molar-refractivity contribution is 5.17. The van der Waals surface area contributed by atoms with Crippen LogP contribution >= 0.6 is 0 Å². The van der Waals surface area contributed by atoms with Gasteiger partial charge in [0.25, 0.3) is 0 Å². The number of rotatable bonds is 4. The van der Waals surface area contributed by atoms with Crippen molar-refractivity contribution in [2.75, 3.05) is 26.2 Å². The van der Waals surface area contributed by atoms with E-state index in [2.05, 4.69) is 4.90 Å². The molecule has 1 aromatic carbocycles. The zero-order chi connectivity index (χ0) is 12.1. The molecule has 2 rings (SSSR count). The van der Waals surface area contributed by atoms with Gasteiger partial charge in [-0.1, -0.05) is 18.2 Å². The van der Waals surface area contributed by atoms with Crippen LogP contribution in [-0.2, 0) is 6.42 Å². The molecule has 94 valence electrons. The molecule has 1 aliphatic heterocycles. The second-order valence-electron chi connectivity index (χ2n) is 4.86. The third-order valence-electron chi connectivity index (χ3n) is 3.70. The predicted molar refractivity (Wildman–Crippen MR) is 68.3 cm³/mol. The molecule has 1 fully saturated rings. The largest absolute Gasteiger partial charge is 0.330 e. The Bertz CT molecular complexity index is 346. The van der Waals surface area contributed by atoms with Gasteiger partial charge in [-0.25, -0.2) is 4.39 Å². The zero-order valence-electron chi connectivity index (χ0n) is 10.2. The van der Waals surface area contributed by atoms with E-state index in [1.54, 1.807) is 6.07 Å². The summed E-state index contributed by atoms with van der Waals surface area (Å²) in [6.07, 6.45) is 3.18. The lowest BCUT2D eigenvalue weighted by Gasteiger charge is -2.31. The van der Waals surface area contributed by atoms with E-state index in [0.29, 0.717) is 5.92 Å². The number of hydrogen-bond donors (Lipinski definition) is 1. The molecule has 0 atom stereocenters. The lowest BCUT2D eigenvalue weighted by Crippen LogP contribution is -2.37. The summed E-state index contributed by atoms with van der Waals surface area (Å²) in [6, 6.07) is 7.06. The maximum absolute atomic E-state index is 13.4. The minimum absolute atomic E-state index is 0.0793. The van der Waals surface area contributed by atoms with E-state index in [9.17, 15) is 4.39 Å². The van der Waals surface area contributed by atoms with E-state index in [-0.39, 0.29) is 5.82 Å². The Morgan fingerprint density at radius 3 is 2.59 bits per heavy atom. The zero-order valence-corrected chi connectivity index (χ0v) is 10.2. The standard InChI is InChI=1S/C14H21FN2/c15-14-4-2-1-3-13(14)7-10-17-8-5-12(11-16)6-9-17/h1-4,12H,5-11,16H2. The van der Waals surface area contributed by atoms with Crippen molar-refractivity contribution in [1.82, 2.24) is 4.90 Å². The summed E-state index contributed by atoms with van der Waals surface area (Å²) >= 11 is 0. The first-order valence-electron chi connectivity index (χ1n) is 6.45. The number of benzene rings is 1. The third kappa shape index (κ3) is 3.51. The fourth-order valence-corrected chi connectivity index (χ4v) is 2.43. The van der Waals surface area contributed by atoms with Crippen LogP contribution < -0.4 is 5.73 Å². The molecular weight excluding hydrogens is 215 g/mol. The van der Waals surface area contributed by atoms with E-state index >= 15 is 0 Å². The van der Waals surface area contributed by atoms with Crippen LogP contribution in [0.1, 0.15) is 18.4 Å². The highest BCUT2D eigenvalue weighted by Crippen LogP contribution is 2.16. The normalized spacial score (nSPS) is 18.5. The average Bonchev–Trinajstić information content (AvgIpc) is 2.38. The smallest absolute Gasteiger partial charge is 0.126 e. The molecule has 3 heteroatoms. The van der Waals surface area contributed by atoms with Gasteiger partial charge in [0.2, 0.25) is 0 Å². The molecular formula is C14H21FN2. The van der Waals surface area contributed by atoms with E-state index in [4.69, 9.17) is 5.73 Å². The van der Waals surface area contributed by atoms with Crippen molar-refractivity contribution in [3.8, 4) is 0 Å². The van der Waals surface area contributed by atoms with Crippen LogP contribution in [0.2, 0.25) is 0 Å². The van der Waals surface area contributed by atoms with Gasteiger partial charge in [0, 0.05) is 6.54 Å². The lowest BCUT2D eigenvalue weighted by atomic mass is 9.97. The van der Waals surface area contributed by atoms with Crippen molar-refractivity contribution in [1.29, 1.82) is 0 Å². The van der Waals surface area contributed by atoms with Crippen LogP contribution in [-0.4, -0.2) is 31.1 Å². The Balaban J connectivity index is 1.78. The number of halogens is 1. The molecule has 1 aromatic rings. The highest BCUT2D eigenvalue weighted by atomic mass is 19.1. The molecule has 0 radical (unpaired) electrons. The van der Waals surface area contributed by atoms with Crippen LogP contribution in [0.3, 0.4) is 0 Å². The second-order valence-corrected chi connectivity index (χ2v) is 4.86. The lowest BCUT2D eigenvalue weighted by molar-refractivity contribution is 0.189. The molecule has 1 saturated heterocycles. The van der Waals surface area contributed by atoms with Crippen molar-refractivity contribution in [3.63, 3.8) is 0 Å². The maximum Gasteiger partial charge on any atom is 0.126 e. The highest BCUT2D eigenvalue weighted by Gasteiger charge is 2.17. The summed E-state index contributed by atoms with van der Waals surface area (Å²) in [5.74, 6) is 0.615. The van der Waals surface area contributed by atoms with E-state index in [1.165, 1.54) is 18.9 Å². The first kappa shape index (κ1) is 12.5. The van der Waals surface area contributed by atoms with Crippen LogP contribution in [0.5, 0.6) is 0 Å². The third-order valence-corrected chi connectivity index (χ3v) is 3.70. The van der Waals surface area contributed by atoms with Crippen molar-refractivity contribution < 1.29 is 4.39 Å². The number of piperidine rings is 1. The number of nitrogens with zero attached hydrogens (tertiary/aromatic N) is 1. The SMILES string of the molecule is NCC1CCN(CCc2ccccc2F)CC1. The topological polar surface area (TPSA) is 29.3 Å². The average molecular weight is 236 g/mol. The van der Waals surface area contributed by atoms with E-state index in [1.807, 2.05) is 12.1 Å². The maximum atomic E-state index is 13.4. The Kier molecular flexibility index (Phi) is 4.51. The second kappa shape index (κ2) is 6.12. The van der Waals surface area contributed by atoms with Gasteiger partial charge in [0.1, 0.15) is 5.82 Å². The summed E-state index contributed by atoms with van der Waals surface area (Å²) in [5, 5.41) is 0. The summed E-state index contributed by atoms with van der Waals surface area (Å²) < 4.78 is 13.4. The van der Waals surface area contributed by atoms with Gasteiger partial charge in [0.05, 0.1) is 0 Å². The summed E-state index contributed by atoms with van der Waals surface area (Å²) in [6.45, 7) is 3.98. The summed E-state index contributed by atoms with van der Waals surface area (Å²) in [7, 11) is 0. The first-order valence-corrected chi connectivity index (χ1v) is 6.45. The molecule has 0 spiro atoms. The fraction of sp³-hybridized carbons (Fsp3) is 0.571. The van der Waals surface area contributed by atoms with Crippen LogP contribution in [0, 0.1) is 11.7 Å². The number of hydrogen-bond acceptors (Lipinski definition) is 2. The van der Waals surface area contributed by atoms with Crippen LogP contribution in [0.25, 0.3) is 0 Å². The minimum Gasteiger partial charge on any atom is -0.330 e. The Morgan fingerprint density at radius 2 is 1.94 bits per heavy atom. The van der Waals surface area contributed by atoms with Crippen molar-refractivity contribution >= 4 is 0 Å². The van der Waals surface area contributed by atoms with E-state index < -0.39 is 0 Å². The molecule has 17 heavy (non-hydrogen) atoms. The molecule has 0 saturated carbocycles. The van der Waals surface area contributed by atoms with Gasteiger partial charge < -0.3 is 10.6 Å². The molecule has 1 aliphatic rings. The van der Waals surface area contributed by atoms with Crippen molar-refractivity contribution in [3.05, 3.63) is 35.6 Å². The van der Waals surface area contributed by atoms with E-state index in [0.717, 1.165) is 38.2 Å². The number of nitrogens with two attached hydrogens (primary N) is 1. The Morgan fingerprint density at radius 1 is 1.24 bits per heavy atom. The van der Waals surface area contributed by atoms with Gasteiger partial charge in [-0.3, -0.25) is 0 Å². The van der Waals surface area contributed by atoms with Crippen LogP contribution in [0.15, 0.2) is 24.3 Å². The Labute approximate surface area is 103 Å². The molecule has 2 N–H and O–H groups in total. The van der Waals surface area contributed by atoms with Gasteiger partial charge in [0.15, 0.2) is 0 Å². The molecule has 0 unspecified atom stereocenters. The van der Waals surface area contributed by atoms with Gasteiger partial charge >= 0.3 is 0 Å². The molecule has 2 nitrogen and oxygen atoms in total. The first-order chi connectivity index (χ1) is 8.29. The molecule has 0 aliphatic carbocycles. The molecule has 1 heterocycles. The minimum atomic E-state index is -0.0793.